The van der Waals surface area contributed by atoms with E-state index in [-0.39, 0.29) is 4.08 Å². The van der Waals surface area contributed by atoms with E-state index in [9.17, 15) is 0 Å². The molecule has 2 N–H and O–H groups in total. The van der Waals surface area contributed by atoms with Gasteiger partial charge in [0.1, 0.15) is 0 Å². The zero-order valence-corrected chi connectivity index (χ0v) is 9.84. The number of rotatable bonds is 3. The molecule has 0 bridgehead atoms. The summed E-state index contributed by atoms with van der Waals surface area (Å²) in [4.78, 5) is 0. The second kappa shape index (κ2) is 4.29. The van der Waals surface area contributed by atoms with E-state index in [1.54, 1.807) is 0 Å². The molecule has 1 aromatic carbocycles. The Labute approximate surface area is 88.5 Å². The first-order chi connectivity index (χ1) is 6.12. The Kier molecular flexibility index (Phi) is 3.56. The number of anilines is 1. The van der Waals surface area contributed by atoms with Crippen molar-refractivity contribution in [3.63, 3.8) is 0 Å². The first-order valence-electron chi connectivity index (χ1n) is 4.08. The molecule has 0 aromatic heterocycles. The zero-order chi connectivity index (χ0) is 9.90. The predicted octanol–water partition coefficient (Wildman–Crippen LogP) is 3.17. The smallest absolute Gasteiger partial charge is 0.0826 e. The number of thioether (sulfide) groups is 2. The maximum absolute atomic E-state index is 5.64. The lowest BCUT2D eigenvalue weighted by molar-refractivity contribution is 1.02. The van der Waals surface area contributed by atoms with Gasteiger partial charge in [0.25, 0.3) is 0 Å². The summed E-state index contributed by atoms with van der Waals surface area (Å²) in [5.74, 6) is 0. The van der Waals surface area contributed by atoms with Gasteiger partial charge in [-0.2, -0.15) is 0 Å². The number of nitrogens with two attached hydrogens (primary N) is 1. The van der Waals surface area contributed by atoms with Gasteiger partial charge >= 0.3 is 0 Å². The van der Waals surface area contributed by atoms with Crippen LogP contribution in [0, 0.1) is 0 Å². The van der Waals surface area contributed by atoms with Crippen molar-refractivity contribution >= 4 is 29.2 Å². The third-order valence-corrected chi connectivity index (χ3v) is 5.24. The van der Waals surface area contributed by atoms with Crippen LogP contribution in [-0.4, -0.2) is 12.5 Å². The molecule has 3 heteroatoms. The van der Waals surface area contributed by atoms with Crippen molar-refractivity contribution in [2.45, 2.75) is 11.0 Å². The number of benzene rings is 1. The highest BCUT2D eigenvalue weighted by Gasteiger charge is 2.23. The van der Waals surface area contributed by atoms with Crippen LogP contribution in [0.2, 0.25) is 0 Å². The van der Waals surface area contributed by atoms with Crippen LogP contribution < -0.4 is 5.73 Å². The van der Waals surface area contributed by atoms with E-state index in [0.29, 0.717) is 0 Å². The van der Waals surface area contributed by atoms with E-state index in [1.165, 1.54) is 5.56 Å². The quantitative estimate of drug-likeness (QED) is 0.617. The topological polar surface area (TPSA) is 26.0 Å². The summed E-state index contributed by atoms with van der Waals surface area (Å²) >= 11 is 3.71. The average Bonchev–Trinajstić information content (AvgIpc) is 2.18. The van der Waals surface area contributed by atoms with Gasteiger partial charge in [-0.1, -0.05) is 12.1 Å². The summed E-state index contributed by atoms with van der Waals surface area (Å²) in [5.41, 5.74) is 7.79. The molecule has 0 saturated heterocycles. The summed E-state index contributed by atoms with van der Waals surface area (Å²) in [6.07, 6.45) is 4.26. The molecule has 0 radical (unpaired) electrons. The van der Waals surface area contributed by atoms with Gasteiger partial charge in [-0.15, -0.1) is 23.5 Å². The molecule has 1 aromatic rings. The van der Waals surface area contributed by atoms with E-state index < -0.39 is 0 Å². The van der Waals surface area contributed by atoms with Gasteiger partial charge in [-0.3, -0.25) is 0 Å². The highest BCUT2D eigenvalue weighted by molar-refractivity contribution is 8.16. The van der Waals surface area contributed by atoms with E-state index in [0.717, 1.165) is 5.69 Å². The normalized spacial score (nSPS) is 11.6. The highest BCUT2D eigenvalue weighted by atomic mass is 32.2. The Bertz CT molecular complexity index is 265. The Morgan fingerprint density at radius 1 is 1.08 bits per heavy atom. The van der Waals surface area contributed by atoms with Gasteiger partial charge in [-0.05, 0) is 37.1 Å². The third kappa shape index (κ3) is 2.35. The van der Waals surface area contributed by atoms with Crippen LogP contribution in [0.4, 0.5) is 5.69 Å². The SMILES string of the molecule is CSC(C)(SC)c1ccc(N)cc1. The lowest BCUT2D eigenvalue weighted by atomic mass is 10.1. The molecular weight excluding hydrogens is 198 g/mol. The fraction of sp³-hybridized carbons (Fsp3) is 0.400. The predicted molar refractivity (Wildman–Crippen MR) is 65.2 cm³/mol. The molecule has 1 rings (SSSR count). The fourth-order valence-corrected chi connectivity index (χ4v) is 2.52. The second-order valence-electron chi connectivity index (χ2n) is 2.98. The van der Waals surface area contributed by atoms with E-state index in [1.807, 2.05) is 35.7 Å². The molecular formula is C10H15NS2. The number of nitrogen functional groups attached to an aromatic ring is 1. The van der Waals surface area contributed by atoms with Gasteiger partial charge in [0.05, 0.1) is 4.08 Å². The van der Waals surface area contributed by atoms with Gasteiger partial charge in [0.2, 0.25) is 0 Å². The minimum absolute atomic E-state index is 0.147. The van der Waals surface area contributed by atoms with Gasteiger partial charge in [-0.25, -0.2) is 0 Å². The van der Waals surface area contributed by atoms with Gasteiger partial charge in [0.15, 0.2) is 0 Å². The number of hydrogen-bond acceptors (Lipinski definition) is 3. The summed E-state index contributed by atoms with van der Waals surface area (Å²) in [5, 5.41) is 0. The molecule has 0 aliphatic rings. The van der Waals surface area contributed by atoms with Crippen molar-refractivity contribution < 1.29 is 0 Å². The molecule has 1 nitrogen and oxygen atoms in total. The maximum Gasteiger partial charge on any atom is 0.0826 e. The second-order valence-corrected chi connectivity index (χ2v) is 5.68. The van der Waals surface area contributed by atoms with Crippen molar-refractivity contribution in [1.82, 2.24) is 0 Å². The summed E-state index contributed by atoms with van der Waals surface area (Å²) in [6.45, 7) is 2.23. The molecule has 0 unspecified atom stereocenters. The summed E-state index contributed by atoms with van der Waals surface area (Å²) in [7, 11) is 0. The first-order valence-corrected chi connectivity index (χ1v) is 6.53. The first kappa shape index (κ1) is 10.8. The molecule has 0 atom stereocenters. The molecule has 0 aliphatic heterocycles. The monoisotopic (exact) mass is 213 g/mol. The van der Waals surface area contributed by atoms with E-state index in [2.05, 4.69) is 31.6 Å². The molecule has 13 heavy (non-hydrogen) atoms. The minimum atomic E-state index is 0.147. The van der Waals surface area contributed by atoms with Crippen molar-refractivity contribution in [3.8, 4) is 0 Å². The Hall–Kier alpha value is -0.280. The Balaban J connectivity index is 2.99. The van der Waals surface area contributed by atoms with Crippen LogP contribution in [-0.2, 0) is 4.08 Å². The highest BCUT2D eigenvalue weighted by Crippen LogP contribution is 2.43. The standard InChI is InChI=1S/C10H15NS2/c1-10(12-2,13-3)8-4-6-9(11)7-5-8/h4-7H,11H2,1-3H3. The van der Waals surface area contributed by atoms with Crippen molar-refractivity contribution in [2.24, 2.45) is 0 Å². The van der Waals surface area contributed by atoms with E-state index in [4.69, 9.17) is 5.73 Å². The molecule has 72 valence electrons. The average molecular weight is 213 g/mol. The van der Waals surface area contributed by atoms with Crippen molar-refractivity contribution in [3.05, 3.63) is 29.8 Å². The van der Waals surface area contributed by atoms with E-state index >= 15 is 0 Å². The minimum Gasteiger partial charge on any atom is -0.399 e. The van der Waals surface area contributed by atoms with Gasteiger partial charge < -0.3 is 5.73 Å². The summed E-state index contributed by atoms with van der Waals surface area (Å²) in [6, 6.07) is 8.12. The molecule has 0 heterocycles. The molecule has 0 aliphatic carbocycles. The van der Waals surface area contributed by atoms with Crippen LogP contribution in [0.5, 0.6) is 0 Å². The largest absolute Gasteiger partial charge is 0.399 e. The lowest BCUT2D eigenvalue weighted by Crippen LogP contribution is -2.10. The van der Waals surface area contributed by atoms with Crippen LogP contribution in [0.25, 0.3) is 0 Å². The van der Waals surface area contributed by atoms with Crippen LogP contribution in [0.3, 0.4) is 0 Å². The molecule has 0 saturated carbocycles. The number of hydrogen-bond donors (Lipinski definition) is 1. The fourth-order valence-electron chi connectivity index (χ4n) is 1.10. The molecule has 0 spiro atoms. The maximum atomic E-state index is 5.64. The Morgan fingerprint density at radius 2 is 1.54 bits per heavy atom. The third-order valence-electron chi connectivity index (χ3n) is 2.21. The zero-order valence-electron chi connectivity index (χ0n) is 8.20. The summed E-state index contributed by atoms with van der Waals surface area (Å²) < 4.78 is 0.147. The molecule has 0 fully saturated rings. The Morgan fingerprint density at radius 3 is 1.92 bits per heavy atom. The molecule has 0 amide bonds. The van der Waals surface area contributed by atoms with Gasteiger partial charge in [0, 0.05) is 5.69 Å². The lowest BCUT2D eigenvalue weighted by Gasteiger charge is -2.25. The van der Waals surface area contributed by atoms with Crippen molar-refractivity contribution in [2.75, 3.05) is 18.2 Å². The van der Waals surface area contributed by atoms with Crippen LogP contribution in [0.15, 0.2) is 24.3 Å². The van der Waals surface area contributed by atoms with Crippen molar-refractivity contribution in [1.29, 1.82) is 0 Å². The van der Waals surface area contributed by atoms with Crippen LogP contribution in [0.1, 0.15) is 12.5 Å². The van der Waals surface area contributed by atoms with Crippen LogP contribution >= 0.6 is 23.5 Å².